The second kappa shape index (κ2) is 11.4. The second-order valence-corrected chi connectivity index (χ2v) is 9.63. The zero-order valence-corrected chi connectivity index (χ0v) is 22.1. The fraction of sp³-hybridized carbons (Fsp3) is 0.259. The third kappa shape index (κ3) is 5.57. The Hall–Kier alpha value is -3.28. The molecule has 1 aliphatic rings. The Labute approximate surface area is 232 Å². The Kier molecular flexibility index (Phi) is 8.43. The predicted octanol–water partition coefficient (Wildman–Crippen LogP) is 5.09. The maximum absolute atomic E-state index is 15.0. The number of hydrogen-bond donors (Lipinski definition) is 3. The fourth-order valence-corrected chi connectivity index (χ4v) is 4.65. The molecule has 3 N–H and O–H groups in total. The van der Waals surface area contributed by atoms with Gasteiger partial charge in [-0.15, -0.1) is 0 Å². The van der Waals surface area contributed by atoms with E-state index in [0.717, 1.165) is 11.0 Å². The van der Waals surface area contributed by atoms with E-state index in [-0.39, 0.29) is 50.7 Å². The van der Waals surface area contributed by atoms with Crippen molar-refractivity contribution in [3.05, 3.63) is 87.4 Å². The molecule has 0 aliphatic carbocycles. The van der Waals surface area contributed by atoms with E-state index < -0.39 is 42.9 Å². The van der Waals surface area contributed by atoms with Gasteiger partial charge in [-0.05, 0) is 48.5 Å². The van der Waals surface area contributed by atoms with Crippen LogP contribution < -0.4 is 15.0 Å². The highest BCUT2D eigenvalue weighted by Crippen LogP contribution is 2.47. The molecule has 3 aromatic rings. The SMILES string of the molecule is COCOc1cc(C(=O)N2CCC(F)(F)[C@](O)(CO)c3cc(Cl)ccc32)ccc1NC(=O)c1ccccc1Cl. The molecular formula is C27H24Cl2F2N2O6. The monoisotopic (exact) mass is 580 g/mol. The molecule has 8 nitrogen and oxygen atoms in total. The van der Waals surface area contributed by atoms with Gasteiger partial charge in [-0.25, -0.2) is 8.78 Å². The largest absolute Gasteiger partial charge is 0.465 e. The number of carbonyl (C=O) groups excluding carboxylic acids is 2. The van der Waals surface area contributed by atoms with Gasteiger partial charge in [-0.2, -0.15) is 0 Å². The minimum Gasteiger partial charge on any atom is -0.465 e. The maximum atomic E-state index is 15.0. The molecule has 0 spiro atoms. The van der Waals surface area contributed by atoms with E-state index in [1.54, 1.807) is 18.2 Å². The van der Waals surface area contributed by atoms with Crippen molar-refractivity contribution >= 4 is 46.4 Å². The summed E-state index contributed by atoms with van der Waals surface area (Å²) in [6.07, 6.45) is -0.929. The van der Waals surface area contributed by atoms with Gasteiger partial charge in [0.25, 0.3) is 17.7 Å². The summed E-state index contributed by atoms with van der Waals surface area (Å²) in [5.41, 5.74) is -2.91. The average molecular weight is 581 g/mol. The van der Waals surface area contributed by atoms with Crippen LogP contribution in [0.4, 0.5) is 20.2 Å². The molecular weight excluding hydrogens is 557 g/mol. The van der Waals surface area contributed by atoms with E-state index in [4.69, 9.17) is 32.7 Å². The topological polar surface area (TPSA) is 108 Å². The van der Waals surface area contributed by atoms with Crippen molar-refractivity contribution in [3.8, 4) is 5.75 Å². The lowest BCUT2D eigenvalue weighted by atomic mass is 9.86. The third-order valence-electron chi connectivity index (χ3n) is 6.35. The van der Waals surface area contributed by atoms with Crippen LogP contribution in [0, 0.1) is 0 Å². The number of ether oxygens (including phenoxy) is 2. The number of rotatable bonds is 7. The zero-order valence-electron chi connectivity index (χ0n) is 20.6. The molecule has 0 aromatic heterocycles. The van der Waals surface area contributed by atoms with Crippen LogP contribution in [-0.4, -0.2) is 55.0 Å². The van der Waals surface area contributed by atoms with E-state index in [1.807, 2.05) is 0 Å². The summed E-state index contributed by atoms with van der Waals surface area (Å²) in [4.78, 5) is 27.5. The number of halogens is 4. The number of hydrogen-bond acceptors (Lipinski definition) is 6. The first-order valence-electron chi connectivity index (χ1n) is 11.7. The normalized spacial score (nSPS) is 18.2. The van der Waals surface area contributed by atoms with Gasteiger partial charge < -0.3 is 29.9 Å². The highest BCUT2D eigenvalue weighted by Gasteiger charge is 2.56. The first kappa shape index (κ1) is 28.7. The van der Waals surface area contributed by atoms with Crippen LogP contribution in [0.25, 0.3) is 0 Å². The minimum atomic E-state index is -3.77. The molecule has 1 atom stereocenters. The van der Waals surface area contributed by atoms with Crippen molar-refractivity contribution in [1.82, 2.24) is 0 Å². The smallest absolute Gasteiger partial charge is 0.284 e. The Morgan fingerprint density at radius 2 is 1.85 bits per heavy atom. The van der Waals surface area contributed by atoms with Crippen molar-refractivity contribution in [2.45, 2.75) is 17.9 Å². The van der Waals surface area contributed by atoms with Gasteiger partial charge >= 0.3 is 0 Å². The van der Waals surface area contributed by atoms with Crippen molar-refractivity contribution in [2.75, 3.05) is 37.3 Å². The van der Waals surface area contributed by atoms with E-state index in [1.165, 1.54) is 43.5 Å². The lowest BCUT2D eigenvalue weighted by molar-refractivity contribution is -0.205. The number of aliphatic hydroxyl groups is 2. The number of nitrogens with zero attached hydrogens (tertiary/aromatic N) is 1. The number of anilines is 2. The van der Waals surface area contributed by atoms with Gasteiger partial charge in [-0.1, -0.05) is 35.3 Å². The Morgan fingerprint density at radius 1 is 1.10 bits per heavy atom. The van der Waals surface area contributed by atoms with E-state index in [2.05, 4.69) is 5.32 Å². The molecule has 206 valence electrons. The fourth-order valence-electron chi connectivity index (χ4n) is 4.25. The Morgan fingerprint density at radius 3 is 2.54 bits per heavy atom. The summed E-state index contributed by atoms with van der Waals surface area (Å²) >= 11 is 12.1. The Bertz CT molecular complexity index is 1410. The molecule has 1 heterocycles. The van der Waals surface area contributed by atoms with Crippen molar-refractivity contribution in [1.29, 1.82) is 0 Å². The molecule has 0 saturated carbocycles. The summed E-state index contributed by atoms with van der Waals surface area (Å²) in [5.74, 6) is -4.91. The van der Waals surface area contributed by atoms with Gasteiger partial charge in [0.15, 0.2) is 12.4 Å². The first-order chi connectivity index (χ1) is 18.5. The molecule has 0 radical (unpaired) electrons. The highest BCUT2D eigenvalue weighted by atomic mass is 35.5. The van der Waals surface area contributed by atoms with Crippen LogP contribution in [0.5, 0.6) is 5.75 Å². The number of nitrogens with one attached hydrogen (secondary N) is 1. The van der Waals surface area contributed by atoms with Crippen molar-refractivity contribution in [3.63, 3.8) is 0 Å². The van der Waals surface area contributed by atoms with E-state index in [9.17, 15) is 19.8 Å². The Balaban J connectivity index is 1.72. The minimum absolute atomic E-state index is 0.0337. The number of fused-ring (bicyclic) bond motifs is 1. The van der Waals surface area contributed by atoms with Crippen molar-refractivity contribution in [2.24, 2.45) is 0 Å². The summed E-state index contributed by atoms with van der Waals surface area (Å²) in [5, 5.41) is 23.6. The molecule has 0 fully saturated rings. The molecule has 3 aromatic carbocycles. The maximum Gasteiger partial charge on any atom is 0.284 e. The van der Waals surface area contributed by atoms with Crippen molar-refractivity contribution < 1.29 is 38.1 Å². The molecule has 2 amide bonds. The summed E-state index contributed by atoms with van der Waals surface area (Å²) in [7, 11) is 1.39. The number of alkyl halides is 2. The number of amides is 2. The molecule has 0 saturated heterocycles. The zero-order chi connectivity index (χ0) is 28.4. The summed E-state index contributed by atoms with van der Waals surface area (Å²) in [6, 6.07) is 14.4. The number of carbonyl (C=O) groups is 2. The van der Waals surface area contributed by atoms with Crippen LogP contribution in [0.1, 0.15) is 32.7 Å². The van der Waals surface area contributed by atoms with E-state index in [0.29, 0.717) is 0 Å². The lowest BCUT2D eigenvalue weighted by Crippen LogP contribution is -2.48. The van der Waals surface area contributed by atoms with Crippen LogP contribution in [0.15, 0.2) is 60.7 Å². The summed E-state index contributed by atoms with van der Waals surface area (Å²) in [6.45, 7) is -1.97. The number of methoxy groups -OCH3 is 1. The second-order valence-electron chi connectivity index (χ2n) is 8.79. The number of aliphatic hydroxyl groups excluding tert-OH is 1. The molecule has 39 heavy (non-hydrogen) atoms. The van der Waals surface area contributed by atoms with Gasteiger partial charge in [0.1, 0.15) is 5.75 Å². The van der Waals surface area contributed by atoms with Gasteiger partial charge in [-0.3, -0.25) is 9.59 Å². The van der Waals surface area contributed by atoms with Gasteiger partial charge in [0, 0.05) is 36.2 Å². The molecule has 4 rings (SSSR count). The average Bonchev–Trinajstić information content (AvgIpc) is 3.00. The highest BCUT2D eigenvalue weighted by molar-refractivity contribution is 6.34. The first-order valence-corrected chi connectivity index (χ1v) is 12.4. The van der Waals surface area contributed by atoms with Gasteiger partial charge in [0.2, 0.25) is 0 Å². The predicted molar refractivity (Wildman–Crippen MR) is 142 cm³/mol. The lowest BCUT2D eigenvalue weighted by Gasteiger charge is -2.33. The molecule has 0 bridgehead atoms. The van der Waals surface area contributed by atoms with Crippen LogP contribution in [0.2, 0.25) is 10.0 Å². The van der Waals surface area contributed by atoms with Crippen LogP contribution in [0.3, 0.4) is 0 Å². The van der Waals surface area contributed by atoms with Crippen LogP contribution in [-0.2, 0) is 10.3 Å². The molecule has 1 aliphatic heterocycles. The van der Waals surface area contributed by atoms with Crippen LogP contribution >= 0.6 is 23.2 Å². The molecule has 0 unspecified atom stereocenters. The van der Waals surface area contributed by atoms with Gasteiger partial charge in [0.05, 0.1) is 28.6 Å². The molecule has 12 heteroatoms. The van der Waals surface area contributed by atoms with E-state index >= 15 is 8.78 Å². The standard InChI is InChI=1S/C27H24Cl2F2N2O6/c1-38-15-39-23-12-16(6-8-21(23)32-24(35)18-4-2-3-5-20(18)29)25(36)33-11-10-27(30,31)26(37,14-34)19-13-17(28)7-9-22(19)33/h2-9,12-13,34,37H,10-11,14-15H2,1H3,(H,32,35)/t26-/m0/s1. The number of benzene rings is 3. The summed E-state index contributed by atoms with van der Waals surface area (Å²) < 4.78 is 40.6. The quantitative estimate of drug-likeness (QED) is 0.336. The third-order valence-corrected chi connectivity index (χ3v) is 6.92.